The Balaban J connectivity index is 1.52. The molecule has 0 bridgehead atoms. The number of fused-ring (bicyclic) bond motifs is 1. The van der Waals surface area contributed by atoms with E-state index in [1.54, 1.807) is 12.1 Å². The van der Waals surface area contributed by atoms with Gasteiger partial charge in [0, 0.05) is 43.3 Å². The minimum atomic E-state index is -0.338. The fourth-order valence-electron chi connectivity index (χ4n) is 3.37. The quantitative estimate of drug-likeness (QED) is 0.723. The summed E-state index contributed by atoms with van der Waals surface area (Å²) in [6, 6.07) is 13.1. The minimum Gasteiger partial charge on any atom is -0.494 e. The zero-order valence-corrected chi connectivity index (χ0v) is 14.9. The topological polar surface area (TPSA) is 41.5 Å². The summed E-state index contributed by atoms with van der Waals surface area (Å²) in [5, 5.41) is 1.09. The number of hydrogen-bond donors (Lipinski definition) is 0. The molecule has 5 nitrogen and oxygen atoms in total. The maximum absolute atomic E-state index is 13.6. The highest BCUT2D eigenvalue weighted by Crippen LogP contribution is 2.26. The van der Waals surface area contributed by atoms with Crippen LogP contribution in [0.5, 0.6) is 5.75 Å². The van der Waals surface area contributed by atoms with Crippen molar-refractivity contribution in [3.8, 4) is 5.75 Å². The van der Waals surface area contributed by atoms with Crippen LogP contribution in [0.15, 0.2) is 42.5 Å². The number of benzene rings is 2. The lowest BCUT2D eigenvalue weighted by atomic mass is 10.2. The van der Waals surface area contributed by atoms with Gasteiger partial charge >= 0.3 is 0 Å². The van der Waals surface area contributed by atoms with Crippen LogP contribution in [0.2, 0.25) is 0 Å². The minimum absolute atomic E-state index is 0.276. The van der Waals surface area contributed by atoms with Crippen LogP contribution in [-0.4, -0.2) is 43.3 Å². The summed E-state index contributed by atoms with van der Waals surface area (Å²) in [6.45, 7) is 5.30. The predicted octanol–water partition coefficient (Wildman–Crippen LogP) is 3.41. The third-order valence-electron chi connectivity index (χ3n) is 4.84. The average molecular weight is 352 g/mol. The van der Waals surface area contributed by atoms with Gasteiger partial charge in [-0.15, -0.1) is 0 Å². The van der Waals surface area contributed by atoms with Gasteiger partial charge in [-0.25, -0.2) is 14.4 Å². The van der Waals surface area contributed by atoms with E-state index in [9.17, 15) is 4.39 Å². The first-order valence-electron chi connectivity index (χ1n) is 8.72. The van der Waals surface area contributed by atoms with E-state index in [2.05, 4.69) is 14.8 Å². The van der Waals surface area contributed by atoms with Gasteiger partial charge in [-0.05, 0) is 25.1 Å². The summed E-state index contributed by atoms with van der Waals surface area (Å²) >= 11 is 0. The van der Waals surface area contributed by atoms with E-state index >= 15 is 0 Å². The summed E-state index contributed by atoms with van der Waals surface area (Å²) in [6.07, 6.45) is 0. The highest BCUT2D eigenvalue weighted by atomic mass is 19.1. The van der Waals surface area contributed by atoms with Crippen molar-refractivity contribution in [2.45, 2.75) is 6.92 Å². The Morgan fingerprint density at radius 2 is 1.69 bits per heavy atom. The Bertz CT molecular complexity index is 938. The number of aromatic nitrogens is 2. The molecule has 0 radical (unpaired) electrons. The fourth-order valence-corrected chi connectivity index (χ4v) is 3.37. The Morgan fingerprint density at radius 3 is 2.46 bits per heavy atom. The van der Waals surface area contributed by atoms with Crippen molar-refractivity contribution < 1.29 is 9.13 Å². The van der Waals surface area contributed by atoms with Gasteiger partial charge in [0.05, 0.1) is 18.3 Å². The molecule has 1 aromatic heterocycles. The van der Waals surface area contributed by atoms with E-state index in [1.807, 2.05) is 31.2 Å². The Morgan fingerprint density at radius 1 is 0.962 bits per heavy atom. The molecule has 1 aliphatic rings. The molecule has 3 aromatic rings. The van der Waals surface area contributed by atoms with E-state index < -0.39 is 0 Å². The molecular formula is C20H21FN4O. The summed E-state index contributed by atoms with van der Waals surface area (Å²) in [5.41, 5.74) is 2.94. The van der Waals surface area contributed by atoms with Crippen LogP contribution < -0.4 is 14.5 Å². The number of hydrogen-bond acceptors (Lipinski definition) is 5. The van der Waals surface area contributed by atoms with Crippen molar-refractivity contribution in [3.05, 3.63) is 54.0 Å². The number of rotatable bonds is 3. The second-order valence-corrected chi connectivity index (χ2v) is 6.42. The van der Waals surface area contributed by atoms with Gasteiger partial charge in [-0.3, -0.25) is 0 Å². The van der Waals surface area contributed by atoms with Crippen LogP contribution in [0.4, 0.5) is 16.0 Å². The van der Waals surface area contributed by atoms with Crippen molar-refractivity contribution in [1.82, 2.24) is 9.97 Å². The van der Waals surface area contributed by atoms with Crippen molar-refractivity contribution in [2.75, 3.05) is 43.1 Å². The third kappa shape index (κ3) is 3.03. The molecule has 0 spiro atoms. The molecule has 0 aliphatic carbocycles. The van der Waals surface area contributed by atoms with Gasteiger partial charge in [0.15, 0.2) is 11.6 Å². The van der Waals surface area contributed by atoms with Crippen LogP contribution in [0.25, 0.3) is 10.9 Å². The highest BCUT2D eigenvalue weighted by molar-refractivity contribution is 5.81. The third-order valence-corrected chi connectivity index (χ3v) is 4.84. The summed E-state index contributed by atoms with van der Waals surface area (Å²) < 4.78 is 18.7. The van der Waals surface area contributed by atoms with E-state index in [4.69, 9.17) is 9.72 Å². The van der Waals surface area contributed by atoms with E-state index in [0.29, 0.717) is 0 Å². The fraction of sp³-hybridized carbons (Fsp3) is 0.300. The number of piperazine rings is 1. The lowest BCUT2D eigenvalue weighted by Crippen LogP contribution is -2.47. The van der Waals surface area contributed by atoms with Crippen molar-refractivity contribution in [1.29, 1.82) is 0 Å². The average Bonchev–Trinajstić information content (AvgIpc) is 2.68. The number of anilines is 2. The number of aryl methyl sites for hydroxylation is 1. The van der Waals surface area contributed by atoms with E-state index in [-0.39, 0.29) is 11.6 Å². The molecule has 0 saturated carbocycles. The number of methoxy groups -OCH3 is 1. The van der Waals surface area contributed by atoms with Gasteiger partial charge in [0.1, 0.15) is 0 Å². The first kappa shape index (κ1) is 16.6. The number of ether oxygens (including phenoxy) is 1. The maximum atomic E-state index is 13.6. The second kappa shape index (κ2) is 6.78. The molecule has 4 rings (SSSR count). The monoisotopic (exact) mass is 352 g/mol. The lowest BCUT2D eigenvalue weighted by Gasteiger charge is -2.36. The number of halogens is 1. The Kier molecular flexibility index (Phi) is 4.32. The largest absolute Gasteiger partial charge is 0.494 e. The number of para-hydroxylation sites is 1. The normalized spacial score (nSPS) is 14.7. The van der Waals surface area contributed by atoms with Crippen molar-refractivity contribution in [2.24, 2.45) is 0 Å². The van der Waals surface area contributed by atoms with Crippen LogP contribution in [0.1, 0.15) is 5.69 Å². The predicted molar refractivity (Wildman–Crippen MR) is 102 cm³/mol. The maximum Gasteiger partial charge on any atom is 0.226 e. The lowest BCUT2D eigenvalue weighted by molar-refractivity contribution is 0.386. The SMILES string of the molecule is COc1cc(N2CCN(c3nc(C)c4ccccc4n3)CC2)ccc1F. The highest BCUT2D eigenvalue weighted by Gasteiger charge is 2.21. The first-order chi connectivity index (χ1) is 12.7. The Labute approximate surface area is 152 Å². The van der Waals surface area contributed by atoms with E-state index in [0.717, 1.165) is 54.4 Å². The van der Waals surface area contributed by atoms with Crippen LogP contribution >= 0.6 is 0 Å². The molecule has 0 amide bonds. The summed E-state index contributed by atoms with van der Waals surface area (Å²) in [4.78, 5) is 13.8. The van der Waals surface area contributed by atoms with Gasteiger partial charge < -0.3 is 14.5 Å². The second-order valence-electron chi connectivity index (χ2n) is 6.42. The van der Waals surface area contributed by atoms with Crippen molar-refractivity contribution in [3.63, 3.8) is 0 Å². The smallest absolute Gasteiger partial charge is 0.226 e. The standard InChI is InChI=1S/C20H21FN4O/c1-14-16-5-3-4-6-18(16)23-20(22-14)25-11-9-24(10-12-25)15-7-8-17(21)19(13-15)26-2/h3-8,13H,9-12H2,1-2H3. The van der Waals surface area contributed by atoms with E-state index in [1.165, 1.54) is 13.2 Å². The van der Waals surface area contributed by atoms with Gasteiger partial charge in [0.25, 0.3) is 0 Å². The molecule has 1 saturated heterocycles. The Hall–Kier alpha value is -2.89. The van der Waals surface area contributed by atoms with Crippen LogP contribution in [-0.2, 0) is 0 Å². The molecule has 1 aliphatic heterocycles. The molecule has 6 heteroatoms. The molecule has 134 valence electrons. The van der Waals surface area contributed by atoms with Gasteiger partial charge in [-0.2, -0.15) is 0 Å². The number of nitrogens with zero attached hydrogens (tertiary/aromatic N) is 4. The van der Waals surface area contributed by atoms with Gasteiger partial charge in [-0.1, -0.05) is 18.2 Å². The van der Waals surface area contributed by atoms with Crippen LogP contribution in [0, 0.1) is 12.7 Å². The molecule has 26 heavy (non-hydrogen) atoms. The summed E-state index contributed by atoms with van der Waals surface area (Å²) in [5.74, 6) is 0.714. The van der Waals surface area contributed by atoms with Crippen LogP contribution in [0.3, 0.4) is 0 Å². The molecule has 0 N–H and O–H groups in total. The van der Waals surface area contributed by atoms with Gasteiger partial charge in [0.2, 0.25) is 5.95 Å². The molecule has 1 fully saturated rings. The first-order valence-corrected chi connectivity index (χ1v) is 8.72. The molecule has 0 atom stereocenters. The molecule has 2 heterocycles. The zero-order chi connectivity index (χ0) is 18.1. The van der Waals surface area contributed by atoms with Crippen molar-refractivity contribution >= 4 is 22.5 Å². The summed E-state index contributed by atoms with van der Waals surface area (Å²) in [7, 11) is 1.49. The molecule has 2 aromatic carbocycles. The molecular weight excluding hydrogens is 331 g/mol. The zero-order valence-electron chi connectivity index (χ0n) is 14.9. The molecule has 0 unspecified atom stereocenters.